The Morgan fingerprint density at radius 2 is 1.85 bits per heavy atom. The third-order valence-corrected chi connectivity index (χ3v) is 3.10. The largest absolute Gasteiger partial charge is 0.416 e. The Balaban J connectivity index is 2.25. The third-order valence-electron chi connectivity index (χ3n) is 2.42. The number of benzene rings is 1. The molecule has 0 saturated heterocycles. The Kier molecular flexibility index (Phi) is 4.12. The maximum absolute atomic E-state index is 12.4. The Labute approximate surface area is 117 Å². The summed E-state index contributed by atoms with van der Waals surface area (Å²) in [5.74, 6) is 0.131. The number of alkyl halides is 3. The van der Waals surface area contributed by atoms with E-state index in [1.54, 1.807) is 6.92 Å². The highest BCUT2D eigenvalue weighted by atomic mass is 32.2. The average Bonchev–Trinajstić information content (AvgIpc) is 2.86. The van der Waals surface area contributed by atoms with Crippen molar-refractivity contribution in [3.63, 3.8) is 0 Å². The number of aliphatic imine (C=N–C) groups is 1. The first-order chi connectivity index (χ1) is 9.40. The Hall–Kier alpha value is -1.83. The molecule has 0 bridgehead atoms. The molecule has 2 aromatic rings. The van der Waals surface area contributed by atoms with Gasteiger partial charge in [0.15, 0.2) is 0 Å². The summed E-state index contributed by atoms with van der Waals surface area (Å²) < 4.78 is 42.6. The zero-order valence-corrected chi connectivity index (χ0v) is 11.4. The summed E-state index contributed by atoms with van der Waals surface area (Å²) in [7, 11) is 0. The summed E-state index contributed by atoms with van der Waals surface area (Å²) in [4.78, 5) is 4.04. The van der Waals surface area contributed by atoms with Crippen LogP contribution in [0.4, 0.5) is 19.2 Å². The lowest BCUT2D eigenvalue weighted by molar-refractivity contribution is -0.137. The highest BCUT2D eigenvalue weighted by molar-refractivity contribution is 8.13. The zero-order valence-electron chi connectivity index (χ0n) is 10.6. The topological polar surface area (TPSA) is 51.3 Å². The molecular formula is C12H10F3N3OS. The van der Waals surface area contributed by atoms with Gasteiger partial charge in [0.25, 0.3) is 0 Å². The number of rotatable bonds is 2. The van der Waals surface area contributed by atoms with E-state index in [0.29, 0.717) is 5.56 Å². The maximum Gasteiger partial charge on any atom is 0.416 e. The molecule has 1 aromatic heterocycles. The quantitative estimate of drug-likeness (QED) is 0.617. The Bertz CT molecular complexity index is 620. The molecule has 8 heteroatoms. The van der Waals surface area contributed by atoms with Crippen LogP contribution in [-0.4, -0.2) is 21.5 Å². The molecule has 0 spiro atoms. The van der Waals surface area contributed by atoms with E-state index in [2.05, 4.69) is 15.2 Å². The summed E-state index contributed by atoms with van der Waals surface area (Å²) in [6.45, 7) is 1.78. The van der Waals surface area contributed by atoms with E-state index in [9.17, 15) is 13.2 Å². The molecular weight excluding hydrogens is 291 g/mol. The average molecular weight is 301 g/mol. The first-order valence-electron chi connectivity index (χ1n) is 5.50. The molecule has 1 aromatic carbocycles. The minimum absolute atomic E-state index is 0.0757. The van der Waals surface area contributed by atoms with Crippen molar-refractivity contribution in [2.45, 2.75) is 13.1 Å². The summed E-state index contributed by atoms with van der Waals surface area (Å²) in [5.41, 5.74) is -0.314. The van der Waals surface area contributed by atoms with Crippen molar-refractivity contribution in [2.75, 3.05) is 6.26 Å². The van der Waals surface area contributed by atoms with E-state index < -0.39 is 11.7 Å². The van der Waals surface area contributed by atoms with Crippen LogP contribution in [0.25, 0.3) is 11.5 Å². The van der Waals surface area contributed by atoms with Gasteiger partial charge in [0, 0.05) is 5.56 Å². The molecule has 4 nitrogen and oxygen atoms in total. The van der Waals surface area contributed by atoms with Gasteiger partial charge in [0.05, 0.1) is 10.6 Å². The van der Waals surface area contributed by atoms with Gasteiger partial charge in [-0.25, -0.2) is 0 Å². The molecule has 0 saturated carbocycles. The van der Waals surface area contributed by atoms with Crippen molar-refractivity contribution in [3.8, 4) is 11.5 Å². The number of hydrogen-bond acceptors (Lipinski definition) is 5. The van der Waals surface area contributed by atoms with Crippen LogP contribution < -0.4 is 0 Å². The third kappa shape index (κ3) is 3.38. The molecule has 0 aliphatic rings. The fraction of sp³-hybridized carbons (Fsp3) is 0.250. The van der Waals surface area contributed by atoms with Crippen LogP contribution in [-0.2, 0) is 6.18 Å². The van der Waals surface area contributed by atoms with E-state index in [1.807, 2.05) is 6.26 Å². The summed E-state index contributed by atoms with van der Waals surface area (Å²) >= 11 is 1.43. The lowest BCUT2D eigenvalue weighted by Gasteiger charge is -2.05. The standard InChI is InChI=1S/C12H10F3N3OS/c1-7(20-2)16-11-18-17-10(19-11)8-3-5-9(6-4-8)12(13,14)15/h3-6H,1-2H3. The van der Waals surface area contributed by atoms with E-state index in [1.165, 1.54) is 23.9 Å². The van der Waals surface area contributed by atoms with Gasteiger partial charge in [-0.2, -0.15) is 18.2 Å². The minimum Gasteiger partial charge on any atom is -0.402 e. The smallest absolute Gasteiger partial charge is 0.402 e. The second kappa shape index (κ2) is 5.66. The SMILES string of the molecule is CSC(C)=Nc1nnc(-c2ccc(C(F)(F)F)cc2)o1. The fourth-order valence-corrected chi connectivity index (χ4v) is 1.53. The predicted octanol–water partition coefficient (Wildman–Crippen LogP) is 4.17. The molecule has 0 amide bonds. The monoisotopic (exact) mass is 301 g/mol. The summed E-state index contributed by atoms with van der Waals surface area (Å²) in [5, 5.41) is 8.21. The Morgan fingerprint density at radius 1 is 1.20 bits per heavy atom. The van der Waals surface area contributed by atoms with Crippen LogP contribution in [0.2, 0.25) is 0 Å². The van der Waals surface area contributed by atoms with Gasteiger partial charge >= 0.3 is 12.2 Å². The highest BCUT2D eigenvalue weighted by Crippen LogP contribution is 2.31. The number of aromatic nitrogens is 2. The van der Waals surface area contributed by atoms with E-state index in [0.717, 1.165) is 17.2 Å². The number of hydrogen-bond donors (Lipinski definition) is 0. The Morgan fingerprint density at radius 3 is 2.40 bits per heavy atom. The molecule has 106 valence electrons. The van der Waals surface area contributed by atoms with Crippen molar-refractivity contribution in [3.05, 3.63) is 29.8 Å². The molecule has 1 heterocycles. The van der Waals surface area contributed by atoms with Gasteiger partial charge in [0.2, 0.25) is 5.89 Å². The van der Waals surface area contributed by atoms with Gasteiger partial charge in [-0.05, 0) is 37.4 Å². The second-order valence-corrected chi connectivity index (χ2v) is 4.80. The highest BCUT2D eigenvalue weighted by Gasteiger charge is 2.30. The minimum atomic E-state index is -4.36. The van der Waals surface area contributed by atoms with Gasteiger partial charge < -0.3 is 4.42 Å². The normalized spacial score (nSPS) is 12.8. The summed E-state index contributed by atoms with van der Waals surface area (Å²) in [6.07, 6.45) is -2.51. The number of nitrogens with zero attached hydrogens (tertiary/aromatic N) is 3. The van der Waals surface area contributed by atoms with Crippen molar-refractivity contribution >= 4 is 22.8 Å². The summed E-state index contributed by atoms with van der Waals surface area (Å²) in [6, 6.07) is 4.58. The number of thioether (sulfide) groups is 1. The van der Waals surface area contributed by atoms with E-state index in [4.69, 9.17) is 4.42 Å². The fourth-order valence-electron chi connectivity index (χ4n) is 1.36. The molecule has 0 aliphatic heterocycles. The van der Waals surface area contributed by atoms with Crippen molar-refractivity contribution in [1.82, 2.24) is 10.2 Å². The number of halogens is 3. The first-order valence-corrected chi connectivity index (χ1v) is 6.73. The molecule has 0 atom stereocenters. The first kappa shape index (κ1) is 14.6. The lowest BCUT2D eigenvalue weighted by atomic mass is 10.1. The van der Waals surface area contributed by atoms with Crippen LogP contribution in [0, 0.1) is 0 Å². The molecule has 0 fully saturated rings. The second-order valence-electron chi connectivity index (χ2n) is 3.80. The van der Waals surface area contributed by atoms with Crippen LogP contribution in [0.5, 0.6) is 0 Å². The van der Waals surface area contributed by atoms with Crippen LogP contribution in [0.1, 0.15) is 12.5 Å². The zero-order chi connectivity index (χ0) is 14.8. The van der Waals surface area contributed by atoms with Gasteiger partial charge in [0.1, 0.15) is 0 Å². The van der Waals surface area contributed by atoms with Crippen molar-refractivity contribution in [1.29, 1.82) is 0 Å². The van der Waals surface area contributed by atoms with Crippen LogP contribution >= 0.6 is 11.8 Å². The molecule has 0 unspecified atom stereocenters. The maximum atomic E-state index is 12.4. The van der Waals surface area contributed by atoms with Crippen molar-refractivity contribution in [2.24, 2.45) is 4.99 Å². The molecule has 0 radical (unpaired) electrons. The molecule has 0 aliphatic carbocycles. The van der Waals surface area contributed by atoms with E-state index >= 15 is 0 Å². The van der Waals surface area contributed by atoms with Gasteiger partial charge in [-0.3, -0.25) is 0 Å². The molecule has 2 rings (SSSR count). The van der Waals surface area contributed by atoms with Gasteiger partial charge in [-0.1, -0.05) is 5.10 Å². The van der Waals surface area contributed by atoms with E-state index in [-0.39, 0.29) is 11.9 Å². The van der Waals surface area contributed by atoms with Crippen LogP contribution in [0.3, 0.4) is 0 Å². The molecule has 20 heavy (non-hydrogen) atoms. The van der Waals surface area contributed by atoms with Gasteiger partial charge in [-0.15, -0.1) is 16.9 Å². The van der Waals surface area contributed by atoms with Crippen molar-refractivity contribution < 1.29 is 17.6 Å². The predicted molar refractivity (Wildman–Crippen MR) is 71.0 cm³/mol. The molecule has 0 N–H and O–H groups in total. The lowest BCUT2D eigenvalue weighted by Crippen LogP contribution is -2.03. The van der Waals surface area contributed by atoms with Crippen LogP contribution in [0.15, 0.2) is 33.7 Å².